The number of ether oxygens (including phenoxy) is 1. The highest BCUT2D eigenvalue weighted by Gasteiger charge is 2.33. The summed E-state index contributed by atoms with van der Waals surface area (Å²) in [5, 5.41) is 12.5. The monoisotopic (exact) mass is 301 g/mol. The number of amides is 1. The molecular formula is C14H17ClFNO3. The van der Waals surface area contributed by atoms with Gasteiger partial charge < -0.3 is 15.2 Å². The van der Waals surface area contributed by atoms with Gasteiger partial charge in [-0.1, -0.05) is 17.7 Å². The van der Waals surface area contributed by atoms with Crippen LogP contribution in [0.1, 0.15) is 18.4 Å². The van der Waals surface area contributed by atoms with E-state index in [9.17, 15) is 14.3 Å². The van der Waals surface area contributed by atoms with Gasteiger partial charge in [0.2, 0.25) is 5.91 Å². The molecular weight excluding hydrogens is 285 g/mol. The fourth-order valence-corrected chi connectivity index (χ4v) is 2.52. The molecule has 1 aliphatic rings. The summed E-state index contributed by atoms with van der Waals surface area (Å²) in [6.45, 7) is 0.815. The Morgan fingerprint density at radius 3 is 2.75 bits per heavy atom. The van der Waals surface area contributed by atoms with E-state index in [0.29, 0.717) is 26.1 Å². The van der Waals surface area contributed by atoms with Crippen LogP contribution in [0.5, 0.6) is 0 Å². The lowest BCUT2D eigenvalue weighted by Crippen LogP contribution is -2.55. The topological polar surface area (TPSA) is 58.6 Å². The van der Waals surface area contributed by atoms with Crippen molar-refractivity contribution in [1.82, 2.24) is 5.32 Å². The van der Waals surface area contributed by atoms with Crippen molar-refractivity contribution in [3.05, 3.63) is 34.6 Å². The number of nitrogens with one attached hydrogen (secondary N) is 1. The van der Waals surface area contributed by atoms with Crippen LogP contribution in [0.25, 0.3) is 0 Å². The number of aliphatic hydroxyl groups excluding tert-OH is 1. The van der Waals surface area contributed by atoms with Crippen LogP contribution in [0.2, 0.25) is 5.02 Å². The number of hydrogen-bond acceptors (Lipinski definition) is 3. The Labute approximate surface area is 121 Å². The quantitative estimate of drug-likeness (QED) is 0.889. The first-order chi connectivity index (χ1) is 9.56. The minimum Gasteiger partial charge on any atom is -0.394 e. The van der Waals surface area contributed by atoms with Crippen molar-refractivity contribution in [2.24, 2.45) is 0 Å². The van der Waals surface area contributed by atoms with E-state index in [1.807, 2.05) is 0 Å². The second-order valence-corrected chi connectivity index (χ2v) is 5.38. The molecule has 1 aliphatic heterocycles. The molecule has 0 saturated carbocycles. The van der Waals surface area contributed by atoms with Crippen LogP contribution >= 0.6 is 11.6 Å². The number of halogens is 2. The summed E-state index contributed by atoms with van der Waals surface area (Å²) in [6.07, 6.45) is 0.939. The number of aliphatic hydroxyl groups is 1. The molecule has 0 unspecified atom stereocenters. The van der Waals surface area contributed by atoms with Crippen molar-refractivity contribution in [3.8, 4) is 0 Å². The van der Waals surface area contributed by atoms with Crippen LogP contribution in [0, 0.1) is 5.82 Å². The molecule has 1 saturated heterocycles. The molecule has 1 fully saturated rings. The molecule has 1 amide bonds. The maximum Gasteiger partial charge on any atom is 0.225 e. The highest BCUT2D eigenvalue weighted by molar-refractivity contribution is 6.31. The highest BCUT2D eigenvalue weighted by Crippen LogP contribution is 2.22. The van der Waals surface area contributed by atoms with Crippen LogP contribution in [-0.2, 0) is 16.0 Å². The third kappa shape index (κ3) is 3.48. The molecule has 2 rings (SSSR count). The zero-order chi connectivity index (χ0) is 14.6. The summed E-state index contributed by atoms with van der Waals surface area (Å²) in [6, 6.07) is 4.31. The lowest BCUT2D eigenvalue weighted by atomic mass is 9.90. The first-order valence-electron chi connectivity index (χ1n) is 6.49. The Balaban J connectivity index is 2.05. The molecule has 1 aromatic carbocycles. The van der Waals surface area contributed by atoms with E-state index in [4.69, 9.17) is 16.3 Å². The van der Waals surface area contributed by atoms with Crippen LogP contribution < -0.4 is 5.32 Å². The molecule has 1 aromatic rings. The summed E-state index contributed by atoms with van der Waals surface area (Å²) in [5.41, 5.74) is -0.501. The molecule has 0 radical (unpaired) electrons. The van der Waals surface area contributed by atoms with Gasteiger partial charge in [0.1, 0.15) is 5.82 Å². The van der Waals surface area contributed by atoms with Gasteiger partial charge in [-0.2, -0.15) is 0 Å². The first kappa shape index (κ1) is 15.2. The molecule has 2 N–H and O–H groups in total. The average molecular weight is 302 g/mol. The van der Waals surface area contributed by atoms with Crippen molar-refractivity contribution in [2.75, 3.05) is 19.8 Å². The molecule has 1 heterocycles. The van der Waals surface area contributed by atoms with Crippen molar-refractivity contribution >= 4 is 17.5 Å². The predicted molar refractivity (Wildman–Crippen MR) is 73.1 cm³/mol. The molecule has 0 spiro atoms. The Kier molecular flexibility index (Phi) is 4.96. The Bertz CT molecular complexity index is 469. The molecule has 20 heavy (non-hydrogen) atoms. The van der Waals surface area contributed by atoms with E-state index in [2.05, 4.69) is 5.32 Å². The first-order valence-corrected chi connectivity index (χ1v) is 6.87. The second kappa shape index (κ2) is 6.52. The van der Waals surface area contributed by atoms with Gasteiger partial charge in [0.25, 0.3) is 0 Å². The van der Waals surface area contributed by atoms with E-state index in [0.717, 1.165) is 0 Å². The third-order valence-corrected chi connectivity index (χ3v) is 3.91. The van der Waals surface area contributed by atoms with Gasteiger partial charge in [-0.25, -0.2) is 4.39 Å². The minimum atomic E-state index is -0.674. The predicted octanol–water partition coefficient (Wildman–Crippen LogP) is 1.68. The Morgan fingerprint density at radius 2 is 2.15 bits per heavy atom. The standard InChI is InChI=1S/C14H17ClFNO3/c15-11-2-1-3-12(16)10(11)8-13(19)17-14(9-18)4-6-20-7-5-14/h1-3,18H,4-9H2,(H,17,19). The summed E-state index contributed by atoms with van der Waals surface area (Å²) in [4.78, 5) is 12.1. The lowest BCUT2D eigenvalue weighted by Gasteiger charge is -2.36. The van der Waals surface area contributed by atoms with Crippen LogP contribution in [0.3, 0.4) is 0 Å². The maximum absolute atomic E-state index is 13.6. The normalized spacial score (nSPS) is 17.8. The molecule has 0 aromatic heterocycles. The fraction of sp³-hybridized carbons (Fsp3) is 0.500. The molecule has 6 heteroatoms. The highest BCUT2D eigenvalue weighted by atomic mass is 35.5. The van der Waals surface area contributed by atoms with Crippen molar-refractivity contribution in [3.63, 3.8) is 0 Å². The van der Waals surface area contributed by atoms with Crippen molar-refractivity contribution in [2.45, 2.75) is 24.8 Å². The Morgan fingerprint density at radius 1 is 1.45 bits per heavy atom. The van der Waals surface area contributed by atoms with Crippen LogP contribution in [0.15, 0.2) is 18.2 Å². The van der Waals surface area contributed by atoms with Gasteiger partial charge in [0.15, 0.2) is 0 Å². The summed E-state index contributed by atoms with van der Waals surface area (Å²) in [5.74, 6) is -0.856. The minimum absolute atomic E-state index is 0.145. The van der Waals surface area contributed by atoms with Gasteiger partial charge in [-0.05, 0) is 25.0 Å². The molecule has 0 atom stereocenters. The number of carbonyl (C=O) groups excluding carboxylic acids is 1. The van der Waals surface area contributed by atoms with E-state index < -0.39 is 11.4 Å². The molecule has 110 valence electrons. The number of hydrogen-bond donors (Lipinski definition) is 2. The maximum atomic E-state index is 13.6. The zero-order valence-corrected chi connectivity index (χ0v) is 11.8. The van der Waals surface area contributed by atoms with Crippen molar-refractivity contribution < 1.29 is 19.0 Å². The van der Waals surface area contributed by atoms with Crippen LogP contribution in [-0.4, -0.2) is 36.4 Å². The third-order valence-electron chi connectivity index (χ3n) is 3.56. The van der Waals surface area contributed by atoms with Crippen molar-refractivity contribution in [1.29, 1.82) is 0 Å². The van der Waals surface area contributed by atoms with Gasteiger partial charge in [0.05, 0.1) is 18.6 Å². The molecule has 0 aliphatic carbocycles. The summed E-state index contributed by atoms with van der Waals surface area (Å²) in [7, 11) is 0. The van der Waals surface area contributed by atoms with Gasteiger partial charge in [-0.15, -0.1) is 0 Å². The van der Waals surface area contributed by atoms with E-state index >= 15 is 0 Å². The number of rotatable bonds is 4. The summed E-state index contributed by atoms with van der Waals surface area (Å²) >= 11 is 5.90. The fourth-order valence-electron chi connectivity index (χ4n) is 2.29. The van der Waals surface area contributed by atoms with Crippen LogP contribution in [0.4, 0.5) is 4.39 Å². The van der Waals surface area contributed by atoms with E-state index in [1.165, 1.54) is 12.1 Å². The lowest BCUT2D eigenvalue weighted by molar-refractivity contribution is -0.124. The van der Waals surface area contributed by atoms with Gasteiger partial charge >= 0.3 is 0 Å². The van der Waals surface area contributed by atoms with Gasteiger partial charge in [0, 0.05) is 23.8 Å². The number of carbonyl (C=O) groups is 1. The van der Waals surface area contributed by atoms with Gasteiger partial charge in [-0.3, -0.25) is 4.79 Å². The SMILES string of the molecule is O=C(Cc1c(F)cccc1Cl)NC1(CO)CCOCC1. The van der Waals surface area contributed by atoms with E-state index in [1.54, 1.807) is 6.07 Å². The largest absolute Gasteiger partial charge is 0.394 e. The van der Waals surface area contributed by atoms with E-state index in [-0.39, 0.29) is 29.5 Å². The number of benzene rings is 1. The zero-order valence-electron chi connectivity index (χ0n) is 11.0. The average Bonchev–Trinajstić information content (AvgIpc) is 2.44. The molecule has 4 nitrogen and oxygen atoms in total. The Hall–Kier alpha value is -1.17. The smallest absolute Gasteiger partial charge is 0.225 e. The second-order valence-electron chi connectivity index (χ2n) is 4.98. The molecule has 0 bridgehead atoms. The summed E-state index contributed by atoms with van der Waals surface area (Å²) < 4.78 is 18.9.